The lowest BCUT2D eigenvalue weighted by atomic mass is 10.2. The van der Waals surface area contributed by atoms with Crippen molar-refractivity contribution in [2.24, 2.45) is 0 Å². The Morgan fingerprint density at radius 2 is 2.00 bits per heavy atom. The second-order valence-corrected chi connectivity index (χ2v) is 7.74. The second kappa shape index (κ2) is 8.27. The molecule has 0 spiro atoms. The van der Waals surface area contributed by atoms with Crippen molar-refractivity contribution < 1.29 is 0 Å². The molecule has 3 rings (SSSR count). The number of tetrazole rings is 1. The van der Waals surface area contributed by atoms with Crippen molar-refractivity contribution in [2.75, 3.05) is 14.1 Å². The second-order valence-electron chi connectivity index (χ2n) is 6.79. The fourth-order valence-corrected chi connectivity index (χ4v) is 3.88. The first-order valence-corrected chi connectivity index (χ1v) is 10.1. The smallest absolute Gasteiger partial charge is 0.191 e. The van der Waals surface area contributed by atoms with Gasteiger partial charge >= 0.3 is 0 Å². The third-order valence-corrected chi connectivity index (χ3v) is 5.54. The summed E-state index contributed by atoms with van der Waals surface area (Å²) in [5, 5.41) is 22.1. The van der Waals surface area contributed by atoms with E-state index in [0.717, 1.165) is 48.4 Å². The number of unbranched alkanes of at least 4 members (excludes halogenated alkanes) is 1. The van der Waals surface area contributed by atoms with Crippen LogP contribution in [-0.4, -0.2) is 54.0 Å². The third-order valence-electron chi connectivity index (χ3n) is 4.57. The van der Waals surface area contributed by atoms with E-state index >= 15 is 0 Å². The van der Waals surface area contributed by atoms with Gasteiger partial charge < -0.3 is 4.57 Å². The van der Waals surface area contributed by atoms with Gasteiger partial charge in [0.1, 0.15) is 0 Å². The number of hydrogen-bond donors (Lipinski definition) is 0. The molecule has 0 saturated heterocycles. The minimum absolute atomic E-state index is 0.287. The molecule has 138 valence electrons. The number of thioether (sulfide) groups is 1. The molecule has 1 fully saturated rings. The van der Waals surface area contributed by atoms with Gasteiger partial charge in [0.2, 0.25) is 0 Å². The Balaban J connectivity index is 1.77. The molecule has 1 unspecified atom stereocenters. The molecule has 0 aliphatic heterocycles. The number of aromatic nitrogens is 7. The third kappa shape index (κ3) is 4.20. The van der Waals surface area contributed by atoms with Gasteiger partial charge in [-0.3, -0.25) is 4.90 Å². The summed E-state index contributed by atoms with van der Waals surface area (Å²) in [5.41, 5.74) is 0. The Morgan fingerprint density at radius 1 is 1.20 bits per heavy atom. The summed E-state index contributed by atoms with van der Waals surface area (Å²) in [6.07, 6.45) is 5.66. The fraction of sp³-hybridized carbons (Fsp3) is 0.812. The van der Waals surface area contributed by atoms with Crippen LogP contribution < -0.4 is 0 Å². The maximum absolute atomic E-state index is 4.52. The fourth-order valence-electron chi connectivity index (χ4n) is 3.00. The zero-order valence-electron chi connectivity index (χ0n) is 15.6. The van der Waals surface area contributed by atoms with Crippen molar-refractivity contribution in [2.45, 2.75) is 75.5 Å². The molecule has 8 nitrogen and oxygen atoms in total. The van der Waals surface area contributed by atoms with Crippen LogP contribution in [0.1, 0.15) is 69.7 Å². The van der Waals surface area contributed by atoms with Crippen molar-refractivity contribution in [3.63, 3.8) is 0 Å². The summed E-state index contributed by atoms with van der Waals surface area (Å²) >= 11 is 1.68. The van der Waals surface area contributed by atoms with Crippen molar-refractivity contribution in [3.05, 3.63) is 11.6 Å². The van der Waals surface area contributed by atoms with Crippen LogP contribution in [0.2, 0.25) is 0 Å². The maximum Gasteiger partial charge on any atom is 0.191 e. The van der Waals surface area contributed by atoms with Gasteiger partial charge in [0.25, 0.3) is 0 Å². The number of hydrogen-bond acceptors (Lipinski definition) is 7. The molecular weight excluding hydrogens is 336 g/mol. The van der Waals surface area contributed by atoms with E-state index in [9.17, 15) is 0 Å². The minimum atomic E-state index is 0.287. The summed E-state index contributed by atoms with van der Waals surface area (Å²) in [6.45, 7) is 5.36. The predicted molar refractivity (Wildman–Crippen MR) is 97.3 cm³/mol. The number of rotatable bonds is 10. The highest BCUT2D eigenvalue weighted by Crippen LogP contribution is 2.35. The van der Waals surface area contributed by atoms with Crippen molar-refractivity contribution in [3.8, 4) is 0 Å². The first kappa shape index (κ1) is 18.3. The lowest BCUT2D eigenvalue weighted by molar-refractivity contribution is 0.270. The summed E-state index contributed by atoms with van der Waals surface area (Å²) in [7, 11) is 4.20. The standard InChI is InChI=1S/C16H28N8S/c1-5-7-10-23-15(13(6-2)22(3)4)18-19-16(23)25-11-14-17-20-21-24(14)12-8-9-12/h12-13H,5-11H2,1-4H3. The molecule has 2 heterocycles. The van der Waals surface area contributed by atoms with Crippen molar-refractivity contribution >= 4 is 11.8 Å². The monoisotopic (exact) mass is 364 g/mol. The van der Waals surface area contributed by atoms with Crippen LogP contribution in [0.3, 0.4) is 0 Å². The summed E-state index contributed by atoms with van der Waals surface area (Å²) in [4.78, 5) is 2.22. The van der Waals surface area contributed by atoms with E-state index in [0.29, 0.717) is 6.04 Å². The van der Waals surface area contributed by atoms with Crippen LogP contribution in [0, 0.1) is 0 Å². The van der Waals surface area contributed by atoms with E-state index < -0.39 is 0 Å². The van der Waals surface area contributed by atoms with Gasteiger partial charge in [-0.15, -0.1) is 15.3 Å². The van der Waals surface area contributed by atoms with Gasteiger partial charge in [0.15, 0.2) is 16.8 Å². The van der Waals surface area contributed by atoms with E-state index in [2.05, 4.69) is 63.1 Å². The topological polar surface area (TPSA) is 77.5 Å². The predicted octanol–water partition coefficient (Wildman–Crippen LogP) is 2.70. The van der Waals surface area contributed by atoms with Crippen LogP contribution >= 0.6 is 11.8 Å². The first-order chi connectivity index (χ1) is 12.2. The SMILES string of the molecule is CCCCn1c(SCc2nnnn2C2CC2)nnc1C(CC)N(C)C. The average Bonchev–Trinajstić information content (AvgIpc) is 3.20. The lowest BCUT2D eigenvalue weighted by Gasteiger charge is -2.23. The molecule has 0 aromatic carbocycles. The van der Waals surface area contributed by atoms with Gasteiger partial charge in [0, 0.05) is 6.54 Å². The highest BCUT2D eigenvalue weighted by atomic mass is 32.2. The van der Waals surface area contributed by atoms with E-state index in [1.165, 1.54) is 12.8 Å². The normalized spacial score (nSPS) is 15.9. The molecule has 9 heteroatoms. The summed E-state index contributed by atoms with van der Waals surface area (Å²) < 4.78 is 4.25. The van der Waals surface area contributed by atoms with Crippen LogP contribution in [0.15, 0.2) is 5.16 Å². The van der Waals surface area contributed by atoms with Gasteiger partial charge in [-0.05, 0) is 50.2 Å². The van der Waals surface area contributed by atoms with Crippen LogP contribution in [-0.2, 0) is 12.3 Å². The first-order valence-electron chi connectivity index (χ1n) is 9.14. The Bertz CT molecular complexity index is 675. The van der Waals surface area contributed by atoms with E-state index in [1.54, 1.807) is 11.8 Å². The van der Waals surface area contributed by atoms with Gasteiger partial charge in [-0.2, -0.15) is 0 Å². The minimum Gasteiger partial charge on any atom is -0.305 e. The zero-order valence-corrected chi connectivity index (χ0v) is 16.4. The van der Waals surface area contributed by atoms with Crippen molar-refractivity contribution in [1.82, 2.24) is 39.9 Å². The Hall–Kier alpha value is -1.48. The van der Waals surface area contributed by atoms with E-state index in [1.807, 2.05) is 4.68 Å². The van der Waals surface area contributed by atoms with Gasteiger partial charge in [0.05, 0.1) is 17.8 Å². The molecular formula is C16H28N8S. The Morgan fingerprint density at radius 3 is 2.64 bits per heavy atom. The zero-order chi connectivity index (χ0) is 17.8. The molecule has 0 amide bonds. The quantitative estimate of drug-likeness (QED) is 0.600. The summed E-state index contributed by atoms with van der Waals surface area (Å²) in [6, 6.07) is 0.785. The number of nitrogens with zero attached hydrogens (tertiary/aromatic N) is 8. The molecule has 2 aromatic rings. The van der Waals surface area contributed by atoms with Gasteiger partial charge in [-0.1, -0.05) is 32.0 Å². The molecule has 0 N–H and O–H groups in total. The highest BCUT2D eigenvalue weighted by Gasteiger charge is 2.28. The van der Waals surface area contributed by atoms with Crippen LogP contribution in [0.25, 0.3) is 0 Å². The molecule has 1 aliphatic rings. The van der Waals surface area contributed by atoms with Crippen LogP contribution in [0.5, 0.6) is 0 Å². The largest absolute Gasteiger partial charge is 0.305 e. The molecule has 2 aromatic heterocycles. The molecule has 25 heavy (non-hydrogen) atoms. The maximum atomic E-state index is 4.52. The highest BCUT2D eigenvalue weighted by molar-refractivity contribution is 7.98. The lowest BCUT2D eigenvalue weighted by Crippen LogP contribution is -2.23. The van der Waals surface area contributed by atoms with E-state index in [4.69, 9.17) is 0 Å². The molecule has 1 saturated carbocycles. The molecule has 1 atom stereocenters. The van der Waals surface area contributed by atoms with E-state index in [-0.39, 0.29) is 6.04 Å². The van der Waals surface area contributed by atoms with Crippen LogP contribution in [0.4, 0.5) is 0 Å². The van der Waals surface area contributed by atoms with Crippen molar-refractivity contribution in [1.29, 1.82) is 0 Å². The summed E-state index contributed by atoms with van der Waals surface area (Å²) in [5.74, 6) is 2.72. The Labute approximate surface area is 153 Å². The average molecular weight is 365 g/mol. The molecule has 0 radical (unpaired) electrons. The van der Waals surface area contributed by atoms with Gasteiger partial charge in [-0.25, -0.2) is 4.68 Å². The Kier molecular flexibility index (Phi) is 6.06. The molecule has 0 bridgehead atoms. The molecule has 1 aliphatic carbocycles.